The van der Waals surface area contributed by atoms with Crippen LogP contribution in [0.4, 0.5) is 0 Å². The average molecular weight is 340 g/mol. The van der Waals surface area contributed by atoms with Gasteiger partial charge in [0.1, 0.15) is 0 Å². The quantitative estimate of drug-likeness (QED) is 0.336. The predicted molar refractivity (Wildman–Crippen MR) is 100 cm³/mol. The minimum Gasteiger partial charge on any atom is -0.481 e. The van der Waals surface area contributed by atoms with Crippen LogP contribution in [0, 0.1) is 5.92 Å². The van der Waals surface area contributed by atoms with Crippen LogP contribution in [0.25, 0.3) is 0 Å². The standard InChI is InChI=1S/C20H37NO3/c1-4-7-8-9-10-11-12-13-14-15-16-18(20(23)24)17-19(22)21(5-2)6-3/h13-14,18H,4-12,15-17H2,1-3H3,(H,23,24)/b14-13+. The molecule has 0 heterocycles. The van der Waals surface area contributed by atoms with Crippen molar-refractivity contribution in [3.63, 3.8) is 0 Å². The van der Waals surface area contributed by atoms with Gasteiger partial charge in [0, 0.05) is 19.5 Å². The van der Waals surface area contributed by atoms with Crippen LogP contribution < -0.4 is 0 Å². The number of hydrogen-bond acceptors (Lipinski definition) is 2. The zero-order valence-corrected chi connectivity index (χ0v) is 15.9. The van der Waals surface area contributed by atoms with Crippen LogP contribution in [0.5, 0.6) is 0 Å². The van der Waals surface area contributed by atoms with Gasteiger partial charge in [0.25, 0.3) is 0 Å². The lowest BCUT2D eigenvalue weighted by Gasteiger charge is -2.20. The molecular weight excluding hydrogens is 302 g/mol. The zero-order chi connectivity index (χ0) is 18.2. The first-order chi connectivity index (χ1) is 11.6. The summed E-state index contributed by atoms with van der Waals surface area (Å²) in [4.78, 5) is 25.1. The highest BCUT2D eigenvalue weighted by Gasteiger charge is 2.22. The van der Waals surface area contributed by atoms with Gasteiger partial charge < -0.3 is 10.0 Å². The molecule has 0 aliphatic heterocycles. The fourth-order valence-corrected chi connectivity index (χ4v) is 2.80. The van der Waals surface area contributed by atoms with Gasteiger partial charge in [-0.3, -0.25) is 9.59 Å². The Morgan fingerprint density at radius 3 is 2.08 bits per heavy atom. The van der Waals surface area contributed by atoms with Crippen LogP contribution in [-0.4, -0.2) is 35.0 Å². The molecule has 0 aromatic carbocycles. The second-order valence-electron chi connectivity index (χ2n) is 6.41. The number of unbranched alkanes of at least 4 members (excludes halogenated alkanes) is 6. The highest BCUT2D eigenvalue weighted by Crippen LogP contribution is 2.15. The number of aliphatic carboxylic acids is 1. The van der Waals surface area contributed by atoms with Crippen LogP contribution in [0.3, 0.4) is 0 Å². The minimum absolute atomic E-state index is 0.0524. The van der Waals surface area contributed by atoms with E-state index >= 15 is 0 Å². The molecule has 0 bridgehead atoms. The van der Waals surface area contributed by atoms with Crippen LogP contribution >= 0.6 is 0 Å². The first-order valence-electron chi connectivity index (χ1n) is 9.72. The summed E-state index contributed by atoms with van der Waals surface area (Å²) in [5.41, 5.74) is 0. The summed E-state index contributed by atoms with van der Waals surface area (Å²) in [5, 5.41) is 9.30. The Hall–Kier alpha value is -1.32. The van der Waals surface area contributed by atoms with E-state index in [2.05, 4.69) is 19.1 Å². The van der Waals surface area contributed by atoms with Gasteiger partial charge in [-0.25, -0.2) is 0 Å². The minimum atomic E-state index is -0.861. The molecule has 0 fully saturated rings. The van der Waals surface area contributed by atoms with E-state index in [9.17, 15) is 14.7 Å². The summed E-state index contributed by atoms with van der Waals surface area (Å²) in [6.07, 6.45) is 14.4. The highest BCUT2D eigenvalue weighted by atomic mass is 16.4. The van der Waals surface area contributed by atoms with Gasteiger partial charge in [-0.05, 0) is 39.5 Å². The molecule has 1 amide bonds. The van der Waals surface area contributed by atoms with E-state index < -0.39 is 11.9 Å². The van der Waals surface area contributed by atoms with Crippen molar-refractivity contribution in [3.05, 3.63) is 12.2 Å². The van der Waals surface area contributed by atoms with Gasteiger partial charge in [-0.1, -0.05) is 51.2 Å². The molecule has 1 atom stereocenters. The van der Waals surface area contributed by atoms with Crippen LogP contribution in [-0.2, 0) is 9.59 Å². The number of allylic oxidation sites excluding steroid dienone is 2. The van der Waals surface area contributed by atoms with Crippen molar-refractivity contribution in [1.29, 1.82) is 0 Å². The van der Waals surface area contributed by atoms with Crippen molar-refractivity contribution < 1.29 is 14.7 Å². The van der Waals surface area contributed by atoms with Crippen LogP contribution in [0.15, 0.2) is 12.2 Å². The molecule has 4 heteroatoms. The normalized spacial score (nSPS) is 12.5. The number of amides is 1. The third kappa shape index (κ3) is 11.3. The van der Waals surface area contributed by atoms with E-state index in [0.717, 1.165) is 12.8 Å². The molecule has 140 valence electrons. The van der Waals surface area contributed by atoms with E-state index in [1.807, 2.05) is 13.8 Å². The number of carboxylic acids is 1. The number of nitrogens with zero attached hydrogens (tertiary/aromatic N) is 1. The Morgan fingerprint density at radius 2 is 1.50 bits per heavy atom. The van der Waals surface area contributed by atoms with E-state index in [4.69, 9.17) is 0 Å². The SMILES string of the molecule is CCCCCCCC/C=C/CCC(CC(=O)N(CC)CC)C(=O)O. The maximum absolute atomic E-state index is 12.0. The summed E-state index contributed by atoms with van der Waals surface area (Å²) in [7, 11) is 0. The van der Waals surface area contributed by atoms with Gasteiger partial charge in [0.05, 0.1) is 5.92 Å². The monoisotopic (exact) mass is 339 g/mol. The molecule has 24 heavy (non-hydrogen) atoms. The van der Waals surface area contributed by atoms with E-state index in [0.29, 0.717) is 19.5 Å². The summed E-state index contributed by atoms with van der Waals surface area (Å²) in [6.45, 7) is 7.34. The molecule has 0 saturated carbocycles. The molecule has 0 spiro atoms. The number of rotatable bonds is 15. The topological polar surface area (TPSA) is 57.6 Å². The lowest BCUT2D eigenvalue weighted by atomic mass is 9.98. The summed E-state index contributed by atoms with van der Waals surface area (Å²) >= 11 is 0. The molecular formula is C20H37NO3. The average Bonchev–Trinajstić information content (AvgIpc) is 2.56. The first-order valence-corrected chi connectivity index (χ1v) is 9.72. The largest absolute Gasteiger partial charge is 0.481 e. The smallest absolute Gasteiger partial charge is 0.307 e. The van der Waals surface area contributed by atoms with E-state index in [1.165, 1.54) is 38.5 Å². The van der Waals surface area contributed by atoms with Crippen molar-refractivity contribution in [1.82, 2.24) is 4.90 Å². The van der Waals surface area contributed by atoms with Crippen molar-refractivity contribution in [3.8, 4) is 0 Å². The highest BCUT2D eigenvalue weighted by molar-refractivity contribution is 5.82. The molecule has 1 unspecified atom stereocenters. The molecule has 0 aliphatic rings. The molecule has 0 saturated heterocycles. The Morgan fingerprint density at radius 1 is 0.917 bits per heavy atom. The summed E-state index contributed by atoms with van der Waals surface area (Å²) < 4.78 is 0. The Kier molecular flexibility index (Phi) is 14.4. The lowest BCUT2D eigenvalue weighted by Crippen LogP contribution is -2.33. The molecule has 0 aliphatic carbocycles. The second-order valence-corrected chi connectivity index (χ2v) is 6.41. The summed E-state index contributed by atoms with van der Waals surface area (Å²) in [5.74, 6) is -1.49. The van der Waals surface area contributed by atoms with Crippen molar-refractivity contribution in [2.24, 2.45) is 5.92 Å². The van der Waals surface area contributed by atoms with Gasteiger partial charge >= 0.3 is 5.97 Å². The Labute approximate surface area is 148 Å². The number of carboxylic acid groups (broad SMARTS) is 1. The van der Waals surface area contributed by atoms with Crippen molar-refractivity contribution in [2.75, 3.05) is 13.1 Å². The predicted octanol–water partition coefficient (Wildman–Crippen LogP) is 5.03. The van der Waals surface area contributed by atoms with Crippen LogP contribution in [0.1, 0.15) is 85.0 Å². The molecule has 0 rings (SSSR count). The Bertz CT molecular complexity index is 362. The third-order valence-electron chi connectivity index (χ3n) is 4.46. The summed E-state index contributed by atoms with van der Waals surface area (Å²) in [6, 6.07) is 0. The Balaban J connectivity index is 3.95. The van der Waals surface area contributed by atoms with Gasteiger partial charge in [-0.2, -0.15) is 0 Å². The molecule has 1 N–H and O–H groups in total. The maximum atomic E-state index is 12.0. The fraction of sp³-hybridized carbons (Fsp3) is 0.800. The van der Waals surface area contributed by atoms with Gasteiger partial charge in [-0.15, -0.1) is 0 Å². The first kappa shape index (κ1) is 22.7. The fourth-order valence-electron chi connectivity index (χ4n) is 2.80. The number of carbonyl (C=O) groups excluding carboxylic acids is 1. The number of carbonyl (C=O) groups is 2. The molecule has 0 radical (unpaired) electrons. The molecule has 0 aromatic rings. The third-order valence-corrected chi connectivity index (χ3v) is 4.46. The zero-order valence-electron chi connectivity index (χ0n) is 15.9. The molecule has 0 aromatic heterocycles. The lowest BCUT2D eigenvalue weighted by molar-refractivity contribution is -0.146. The maximum Gasteiger partial charge on any atom is 0.307 e. The number of hydrogen-bond donors (Lipinski definition) is 1. The van der Waals surface area contributed by atoms with E-state index in [-0.39, 0.29) is 12.3 Å². The van der Waals surface area contributed by atoms with E-state index in [1.54, 1.807) is 4.90 Å². The van der Waals surface area contributed by atoms with Crippen molar-refractivity contribution >= 4 is 11.9 Å². The van der Waals surface area contributed by atoms with Gasteiger partial charge in [0.2, 0.25) is 5.91 Å². The molecule has 4 nitrogen and oxygen atoms in total. The van der Waals surface area contributed by atoms with Crippen LogP contribution in [0.2, 0.25) is 0 Å². The van der Waals surface area contributed by atoms with Gasteiger partial charge in [0.15, 0.2) is 0 Å². The van der Waals surface area contributed by atoms with Crippen molar-refractivity contribution in [2.45, 2.75) is 85.0 Å². The second kappa shape index (κ2) is 15.2.